The second-order valence-electron chi connectivity index (χ2n) is 9.33. The van der Waals surface area contributed by atoms with Crippen LogP contribution in [0.3, 0.4) is 0 Å². The van der Waals surface area contributed by atoms with Gasteiger partial charge in [0.25, 0.3) is 0 Å². The zero-order valence-electron chi connectivity index (χ0n) is 19.6. The molecule has 2 aromatic carbocycles. The van der Waals surface area contributed by atoms with Crippen molar-refractivity contribution < 1.29 is 9.53 Å². The minimum atomic E-state index is -0.403. The Bertz CT molecular complexity index is 893. The minimum Gasteiger partial charge on any atom is -0.493 e. The number of amides is 1. The first-order chi connectivity index (χ1) is 15.2. The van der Waals surface area contributed by atoms with Gasteiger partial charge < -0.3 is 10.1 Å². The number of benzene rings is 2. The summed E-state index contributed by atoms with van der Waals surface area (Å²) >= 11 is 7.73. The molecule has 0 aromatic heterocycles. The summed E-state index contributed by atoms with van der Waals surface area (Å²) in [5, 5.41) is 4.05. The number of carbonyl (C=O) groups excluding carboxylic acids is 1. The molecular formula is C26H35ClN2O2S. The maximum atomic E-state index is 12.9. The van der Waals surface area contributed by atoms with Gasteiger partial charge in [0, 0.05) is 34.5 Å². The number of hydrogen-bond donors (Lipinski definition) is 1. The zero-order valence-corrected chi connectivity index (χ0v) is 21.2. The van der Waals surface area contributed by atoms with E-state index in [1.54, 1.807) is 11.9 Å². The first-order valence-electron chi connectivity index (χ1n) is 11.4. The van der Waals surface area contributed by atoms with Crippen LogP contribution in [0, 0.1) is 19.3 Å². The first kappa shape index (κ1) is 24.9. The Hall–Kier alpha value is -1.69. The lowest BCUT2D eigenvalue weighted by Crippen LogP contribution is -2.47. The average Bonchev–Trinajstić information content (AvgIpc) is 2.76. The Morgan fingerprint density at radius 1 is 1.16 bits per heavy atom. The number of aryl methyl sites for hydroxylation is 2. The normalized spacial score (nSPS) is 15.5. The highest BCUT2D eigenvalue weighted by molar-refractivity contribution is 7.97. The van der Waals surface area contributed by atoms with E-state index in [2.05, 4.69) is 41.7 Å². The predicted octanol–water partition coefficient (Wildman–Crippen LogP) is 6.43. The van der Waals surface area contributed by atoms with Crippen molar-refractivity contribution >= 4 is 29.5 Å². The van der Waals surface area contributed by atoms with Gasteiger partial charge in [-0.2, -0.15) is 0 Å². The van der Waals surface area contributed by atoms with E-state index in [4.69, 9.17) is 16.3 Å². The molecule has 0 spiro atoms. The summed E-state index contributed by atoms with van der Waals surface area (Å²) in [6.07, 6.45) is 3.59. The number of halogens is 1. The monoisotopic (exact) mass is 474 g/mol. The van der Waals surface area contributed by atoms with Crippen LogP contribution in [0.2, 0.25) is 5.02 Å². The minimum absolute atomic E-state index is 0.146. The van der Waals surface area contributed by atoms with Crippen LogP contribution in [0.5, 0.6) is 5.75 Å². The molecule has 1 N–H and O–H groups in total. The fourth-order valence-corrected chi connectivity index (χ4v) is 4.86. The van der Waals surface area contributed by atoms with Gasteiger partial charge >= 0.3 is 0 Å². The standard InChI is InChI=1S/C26H35ClN2O2S/c1-19-6-7-20(2)24(18-19)31-17-5-14-26(3,4)25(30)28-22-12-15-29(16-13-22)32-23-10-8-21(27)9-11-23/h6-11,18,22H,5,12-17H2,1-4H3,(H,28,30). The zero-order chi connectivity index (χ0) is 23.1. The van der Waals surface area contributed by atoms with Crippen LogP contribution in [0.4, 0.5) is 0 Å². The average molecular weight is 475 g/mol. The molecule has 2 aromatic rings. The van der Waals surface area contributed by atoms with Gasteiger partial charge in [-0.3, -0.25) is 4.79 Å². The fourth-order valence-electron chi connectivity index (χ4n) is 3.79. The lowest BCUT2D eigenvalue weighted by Gasteiger charge is -2.33. The molecule has 3 rings (SSSR count). The van der Waals surface area contributed by atoms with Crippen molar-refractivity contribution in [1.29, 1.82) is 0 Å². The molecular weight excluding hydrogens is 440 g/mol. The lowest BCUT2D eigenvalue weighted by molar-refractivity contribution is -0.130. The molecule has 1 amide bonds. The predicted molar refractivity (Wildman–Crippen MR) is 134 cm³/mol. The van der Waals surface area contributed by atoms with E-state index in [9.17, 15) is 4.79 Å². The third-order valence-corrected chi connectivity index (χ3v) is 7.36. The van der Waals surface area contributed by atoms with Crippen molar-refractivity contribution in [2.24, 2.45) is 5.41 Å². The topological polar surface area (TPSA) is 41.6 Å². The summed E-state index contributed by atoms with van der Waals surface area (Å²) in [5.41, 5.74) is 1.94. The van der Waals surface area contributed by atoms with Gasteiger partial charge in [0.1, 0.15) is 5.75 Å². The van der Waals surface area contributed by atoms with Gasteiger partial charge in [0.15, 0.2) is 0 Å². The SMILES string of the molecule is Cc1ccc(C)c(OCCCC(C)(C)C(=O)NC2CCN(Sc3ccc(Cl)cc3)CC2)c1. The van der Waals surface area contributed by atoms with Crippen molar-refractivity contribution in [1.82, 2.24) is 9.62 Å². The molecule has 4 nitrogen and oxygen atoms in total. The highest BCUT2D eigenvalue weighted by Gasteiger charge is 2.30. The van der Waals surface area contributed by atoms with Crippen LogP contribution in [0.15, 0.2) is 47.4 Å². The summed E-state index contributed by atoms with van der Waals surface area (Å²) in [4.78, 5) is 14.1. The first-order valence-corrected chi connectivity index (χ1v) is 12.6. The quantitative estimate of drug-likeness (QED) is 0.336. The summed E-state index contributed by atoms with van der Waals surface area (Å²) < 4.78 is 8.33. The second-order valence-corrected chi connectivity index (χ2v) is 10.9. The molecule has 0 unspecified atom stereocenters. The highest BCUT2D eigenvalue weighted by Crippen LogP contribution is 2.29. The van der Waals surface area contributed by atoms with Crippen molar-refractivity contribution in [3.8, 4) is 5.75 Å². The third kappa shape index (κ3) is 7.43. The highest BCUT2D eigenvalue weighted by atomic mass is 35.5. The van der Waals surface area contributed by atoms with E-state index < -0.39 is 5.41 Å². The molecule has 1 fully saturated rings. The van der Waals surface area contributed by atoms with E-state index in [0.29, 0.717) is 6.61 Å². The summed E-state index contributed by atoms with van der Waals surface area (Å²) in [5.74, 6) is 1.09. The van der Waals surface area contributed by atoms with E-state index in [-0.39, 0.29) is 11.9 Å². The summed E-state index contributed by atoms with van der Waals surface area (Å²) in [7, 11) is 0. The Kier molecular flexibility index (Phi) is 8.92. The van der Waals surface area contributed by atoms with Gasteiger partial charge in [-0.25, -0.2) is 4.31 Å². The number of rotatable bonds is 9. The Labute approximate surface area is 202 Å². The molecule has 0 radical (unpaired) electrons. The molecule has 174 valence electrons. The van der Waals surface area contributed by atoms with E-state index in [1.807, 2.05) is 38.1 Å². The molecule has 0 saturated carbocycles. The summed E-state index contributed by atoms with van der Waals surface area (Å²) in [6.45, 7) is 10.7. The smallest absolute Gasteiger partial charge is 0.225 e. The molecule has 0 bridgehead atoms. The molecule has 0 aliphatic carbocycles. The van der Waals surface area contributed by atoms with Crippen molar-refractivity contribution in [2.45, 2.75) is 64.3 Å². The Morgan fingerprint density at radius 3 is 2.53 bits per heavy atom. The molecule has 1 aliphatic rings. The van der Waals surface area contributed by atoms with Gasteiger partial charge in [0.2, 0.25) is 5.91 Å². The van der Waals surface area contributed by atoms with Crippen molar-refractivity contribution in [2.75, 3.05) is 19.7 Å². The summed E-state index contributed by atoms with van der Waals surface area (Å²) in [6, 6.07) is 14.4. The third-order valence-electron chi connectivity index (χ3n) is 6.00. The maximum absolute atomic E-state index is 12.9. The molecule has 6 heteroatoms. The van der Waals surface area contributed by atoms with Crippen LogP contribution in [-0.2, 0) is 4.79 Å². The van der Waals surface area contributed by atoms with E-state index in [1.165, 1.54) is 10.5 Å². The van der Waals surface area contributed by atoms with Gasteiger partial charge in [-0.15, -0.1) is 0 Å². The molecule has 1 aliphatic heterocycles. The van der Waals surface area contributed by atoms with Crippen LogP contribution < -0.4 is 10.1 Å². The molecule has 0 atom stereocenters. The maximum Gasteiger partial charge on any atom is 0.225 e. The van der Waals surface area contributed by atoms with E-state index >= 15 is 0 Å². The molecule has 32 heavy (non-hydrogen) atoms. The lowest BCUT2D eigenvalue weighted by atomic mass is 9.86. The number of nitrogens with one attached hydrogen (secondary N) is 1. The number of ether oxygens (including phenoxy) is 1. The van der Waals surface area contributed by atoms with Gasteiger partial charge in [-0.1, -0.05) is 37.6 Å². The van der Waals surface area contributed by atoms with Gasteiger partial charge in [-0.05, 0) is 92.9 Å². The Balaban J connectivity index is 1.37. The van der Waals surface area contributed by atoms with Crippen LogP contribution in [0.25, 0.3) is 0 Å². The number of hydrogen-bond acceptors (Lipinski definition) is 4. The molecule has 1 saturated heterocycles. The van der Waals surface area contributed by atoms with Crippen molar-refractivity contribution in [3.63, 3.8) is 0 Å². The number of piperidine rings is 1. The largest absolute Gasteiger partial charge is 0.493 e. The fraction of sp³-hybridized carbons (Fsp3) is 0.500. The number of nitrogens with zero attached hydrogens (tertiary/aromatic N) is 1. The van der Waals surface area contributed by atoms with Crippen molar-refractivity contribution in [3.05, 3.63) is 58.6 Å². The number of carbonyl (C=O) groups is 1. The van der Waals surface area contributed by atoms with Crippen LogP contribution in [-0.4, -0.2) is 36.0 Å². The van der Waals surface area contributed by atoms with Gasteiger partial charge in [0.05, 0.1) is 6.61 Å². The second kappa shape index (κ2) is 11.4. The van der Waals surface area contributed by atoms with Crippen LogP contribution in [0.1, 0.15) is 50.7 Å². The van der Waals surface area contributed by atoms with Crippen LogP contribution >= 0.6 is 23.5 Å². The Morgan fingerprint density at radius 2 is 1.84 bits per heavy atom. The molecule has 1 heterocycles. The van der Waals surface area contributed by atoms with E-state index in [0.717, 1.165) is 55.1 Å².